The van der Waals surface area contributed by atoms with Crippen LogP contribution in [0.15, 0.2) is 91.0 Å². The molecule has 0 aliphatic carbocycles. The van der Waals surface area contributed by atoms with Gasteiger partial charge in [-0.3, -0.25) is 14.5 Å². The van der Waals surface area contributed by atoms with Crippen LogP contribution in [0.5, 0.6) is 0 Å². The van der Waals surface area contributed by atoms with Crippen molar-refractivity contribution >= 4 is 23.3 Å². The van der Waals surface area contributed by atoms with Gasteiger partial charge in [-0.2, -0.15) is 0 Å². The molecule has 1 unspecified atom stereocenters. The zero-order chi connectivity index (χ0) is 19.8. The van der Waals surface area contributed by atoms with Gasteiger partial charge in [-0.1, -0.05) is 66.7 Å². The van der Waals surface area contributed by atoms with E-state index in [1.165, 1.54) is 0 Å². The van der Waals surface area contributed by atoms with Crippen LogP contribution in [0.3, 0.4) is 0 Å². The average molecular weight is 373 g/mol. The van der Waals surface area contributed by atoms with Gasteiger partial charge in [-0.05, 0) is 43.2 Å². The Morgan fingerprint density at radius 3 is 1.71 bits per heavy atom. The molecule has 0 fully saturated rings. The third-order valence-corrected chi connectivity index (χ3v) is 4.40. The summed E-state index contributed by atoms with van der Waals surface area (Å²) in [6.45, 7) is 1.97. The Kier molecular flexibility index (Phi) is 6.58. The molecule has 28 heavy (non-hydrogen) atoms. The monoisotopic (exact) mass is 373 g/mol. The van der Waals surface area contributed by atoms with Crippen molar-refractivity contribution in [3.63, 3.8) is 0 Å². The molecule has 0 spiro atoms. The molecule has 3 rings (SSSR count). The lowest BCUT2D eigenvalue weighted by Crippen LogP contribution is -2.38. The minimum atomic E-state index is -0.928. The second-order valence-electron chi connectivity index (χ2n) is 6.34. The number of carbonyl (C=O) groups is 2. The molecular formula is C24H23NO3. The molecular weight excluding hydrogens is 350 g/mol. The summed E-state index contributed by atoms with van der Waals surface area (Å²) in [6, 6.07) is 28.2. The van der Waals surface area contributed by atoms with E-state index in [9.17, 15) is 9.59 Å². The molecule has 0 aliphatic rings. The van der Waals surface area contributed by atoms with Crippen molar-refractivity contribution in [3.8, 4) is 0 Å². The molecule has 0 saturated heterocycles. The molecule has 4 heteroatoms. The molecule has 4 nitrogen and oxygen atoms in total. The summed E-state index contributed by atoms with van der Waals surface area (Å²) in [6.07, 6.45) is 0.286. The van der Waals surface area contributed by atoms with Crippen LogP contribution in [0.2, 0.25) is 0 Å². The normalized spacial score (nSPS) is 11.5. The number of ether oxygens (including phenoxy) is 1. The van der Waals surface area contributed by atoms with Crippen molar-refractivity contribution < 1.29 is 14.3 Å². The standard InChI is InChI=1S/C24H23NO3/c1-2-28-24(27)22(18-19-12-6-3-7-13-19)23(26)25(20-14-8-4-9-15-20)21-16-10-5-11-17-21/h3-17,22H,2,18H2,1H3. The first kappa shape index (κ1) is 19.4. The van der Waals surface area contributed by atoms with Crippen molar-refractivity contribution in [1.82, 2.24) is 0 Å². The fourth-order valence-electron chi connectivity index (χ4n) is 3.08. The number of amides is 1. The van der Waals surface area contributed by atoms with Crippen LogP contribution in [0.25, 0.3) is 0 Å². The smallest absolute Gasteiger partial charge is 0.318 e. The van der Waals surface area contributed by atoms with Crippen LogP contribution < -0.4 is 4.90 Å². The molecule has 0 saturated carbocycles. The van der Waals surface area contributed by atoms with Crippen LogP contribution in [0, 0.1) is 5.92 Å². The molecule has 0 aromatic heterocycles. The lowest BCUT2D eigenvalue weighted by Gasteiger charge is -2.27. The Bertz CT molecular complexity index is 855. The Balaban J connectivity index is 2.00. The minimum Gasteiger partial charge on any atom is -0.465 e. The first-order chi connectivity index (χ1) is 13.7. The highest BCUT2D eigenvalue weighted by Gasteiger charge is 2.33. The van der Waals surface area contributed by atoms with Crippen molar-refractivity contribution in [2.75, 3.05) is 11.5 Å². The number of anilines is 2. The number of carbonyl (C=O) groups excluding carboxylic acids is 2. The van der Waals surface area contributed by atoms with E-state index >= 15 is 0 Å². The molecule has 0 aliphatic heterocycles. The van der Waals surface area contributed by atoms with E-state index in [4.69, 9.17) is 4.74 Å². The van der Waals surface area contributed by atoms with Crippen molar-refractivity contribution in [3.05, 3.63) is 96.6 Å². The third-order valence-electron chi connectivity index (χ3n) is 4.40. The summed E-state index contributed by atoms with van der Waals surface area (Å²) in [5.41, 5.74) is 2.33. The third kappa shape index (κ3) is 4.65. The molecule has 0 bridgehead atoms. The maximum Gasteiger partial charge on any atom is 0.318 e. The van der Waals surface area contributed by atoms with Gasteiger partial charge in [-0.15, -0.1) is 0 Å². The Morgan fingerprint density at radius 2 is 1.25 bits per heavy atom. The number of benzene rings is 3. The molecule has 0 heterocycles. The lowest BCUT2D eigenvalue weighted by molar-refractivity contribution is -0.151. The highest BCUT2D eigenvalue weighted by atomic mass is 16.5. The SMILES string of the molecule is CCOC(=O)C(Cc1ccccc1)C(=O)N(c1ccccc1)c1ccccc1. The lowest BCUT2D eigenvalue weighted by atomic mass is 9.97. The zero-order valence-corrected chi connectivity index (χ0v) is 15.8. The maximum absolute atomic E-state index is 13.6. The predicted molar refractivity (Wildman–Crippen MR) is 110 cm³/mol. The summed E-state index contributed by atoms with van der Waals surface area (Å²) in [7, 11) is 0. The van der Waals surface area contributed by atoms with Gasteiger partial charge < -0.3 is 4.74 Å². The number of rotatable bonds is 7. The second-order valence-corrected chi connectivity index (χ2v) is 6.34. The molecule has 1 amide bonds. The van der Waals surface area contributed by atoms with E-state index in [-0.39, 0.29) is 18.9 Å². The first-order valence-corrected chi connectivity index (χ1v) is 9.35. The Hall–Kier alpha value is -3.40. The summed E-state index contributed by atoms with van der Waals surface area (Å²) in [5, 5.41) is 0. The van der Waals surface area contributed by atoms with Gasteiger partial charge in [-0.25, -0.2) is 0 Å². The van der Waals surface area contributed by atoms with Crippen molar-refractivity contribution in [1.29, 1.82) is 0 Å². The van der Waals surface area contributed by atoms with Gasteiger partial charge in [0.25, 0.3) is 0 Å². The van der Waals surface area contributed by atoms with Gasteiger partial charge in [0.05, 0.1) is 6.61 Å². The van der Waals surface area contributed by atoms with Gasteiger partial charge in [0.2, 0.25) is 5.91 Å². The number of hydrogen-bond acceptors (Lipinski definition) is 3. The van der Waals surface area contributed by atoms with E-state index < -0.39 is 11.9 Å². The van der Waals surface area contributed by atoms with Crippen LogP contribution in [0.4, 0.5) is 11.4 Å². The van der Waals surface area contributed by atoms with Gasteiger partial charge in [0.15, 0.2) is 0 Å². The van der Waals surface area contributed by atoms with E-state index in [2.05, 4.69) is 0 Å². The Labute approximate surface area is 165 Å². The van der Waals surface area contributed by atoms with Crippen molar-refractivity contribution in [2.24, 2.45) is 5.92 Å². The summed E-state index contributed by atoms with van der Waals surface area (Å²) in [4.78, 5) is 27.9. The summed E-state index contributed by atoms with van der Waals surface area (Å²) in [5.74, 6) is -1.74. The average Bonchev–Trinajstić information content (AvgIpc) is 2.74. The molecule has 3 aromatic carbocycles. The largest absolute Gasteiger partial charge is 0.465 e. The van der Waals surface area contributed by atoms with E-state index in [0.717, 1.165) is 5.56 Å². The maximum atomic E-state index is 13.6. The van der Waals surface area contributed by atoms with E-state index in [1.807, 2.05) is 91.0 Å². The van der Waals surface area contributed by atoms with Crippen LogP contribution >= 0.6 is 0 Å². The van der Waals surface area contributed by atoms with Gasteiger partial charge in [0, 0.05) is 11.4 Å². The molecule has 0 N–H and O–H groups in total. The molecule has 142 valence electrons. The number of para-hydroxylation sites is 2. The molecule has 0 radical (unpaired) electrons. The highest BCUT2D eigenvalue weighted by molar-refractivity contribution is 6.10. The van der Waals surface area contributed by atoms with Crippen molar-refractivity contribution in [2.45, 2.75) is 13.3 Å². The number of nitrogens with zero attached hydrogens (tertiary/aromatic N) is 1. The predicted octanol–water partition coefficient (Wildman–Crippen LogP) is 4.77. The van der Waals surface area contributed by atoms with Crippen LogP contribution in [-0.2, 0) is 20.7 Å². The molecule has 1 atom stereocenters. The van der Waals surface area contributed by atoms with Crippen LogP contribution in [0.1, 0.15) is 12.5 Å². The van der Waals surface area contributed by atoms with Crippen LogP contribution in [-0.4, -0.2) is 18.5 Å². The quantitative estimate of drug-likeness (QED) is 0.443. The highest BCUT2D eigenvalue weighted by Crippen LogP contribution is 2.28. The summed E-state index contributed by atoms with van der Waals surface area (Å²) >= 11 is 0. The topological polar surface area (TPSA) is 46.6 Å². The van der Waals surface area contributed by atoms with E-state index in [0.29, 0.717) is 11.4 Å². The fourth-order valence-corrected chi connectivity index (χ4v) is 3.08. The summed E-state index contributed by atoms with van der Waals surface area (Å²) < 4.78 is 5.23. The number of esters is 1. The number of hydrogen-bond donors (Lipinski definition) is 0. The minimum absolute atomic E-state index is 0.230. The first-order valence-electron chi connectivity index (χ1n) is 9.35. The van der Waals surface area contributed by atoms with Gasteiger partial charge >= 0.3 is 5.97 Å². The Morgan fingerprint density at radius 1 is 0.786 bits per heavy atom. The fraction of sp³-hybridized carbons (Fsp3) is 0.167. The molecule has 3 aromatic rings. The zero-order valence-electron chi connectivity index (χ0n) is 15.8. The van der Waals surface area contributed by atoms with E-state index in [1.54, 1.807) is 11.8 Å². The van der Waals surface area contributed by atoms with Gasteiger partial charge in [0.1, 0.15) is 5.92 Å². The second kappa shape index (κ2) is 9.51.